The van der Waals surface area contributed by atoms with Gasteiger partial charge in [-0.2, -0.15) is 0 Å². The fourth-order valence-electron chi connectivity index (χ4n) is 2.30. The van der Waals surface area contributed by atoms with Crippen LogP contribution in [0.5, 0.6) is 0 Å². The van der Waals surface area contributed by atoms with Gasteiger partial charge in [-0.25, -0.2) is 9.97 Å². The number of nitrogens with two attached hydrogens (primary N) is 1. The molecule has 3 aromatic rings. The van der Waals surface area contributed by atoms with Crippen molar-refractivity contribution in [1.82, 2.24) is 9.97 Å². The van der Waals surface area contributed by atoms with Crippen LogP contribution in [0.25, 0.3) is 21.7 Å². The van der Waals surface area contributed by atoms with E-state index in [4.69, 9.17) is 22.3 Å². The lowest BCUT2D eigenvalue weighted by Crippen LogP contribution is -1.89. The van der Waals surface area contributed by atoms with E-state index < -0.39 is 0 Å². The second-order valence-electron chi connectivity index (χ2n) is 5.02. The van der Waals surface area contributed by atoms with Crippen LogP contribution >= 0.6 is 22.9 Å². The molecule has 0 aliphatic rings. The maximum atomic E-state index is 6.13. The third-order valence-corrected chi connectivity index (χ3v) is 4.68. The van der Waals surface area contributed by atoms with E-state index >= 15 is 0 Å². The Morgan fingerprint density at radius 3 is 2.77 bits per heavy atom. The van der Waals surface area contributed by atoms with Crippen LogP contribution in [0.1, 0.15) is 18.4 Å². The highest BCUT2D eigenvalue weighted by molar-refractivity contribution is 7.15. The molecule has 2 aromatic heterocycles. The molecule has 0 aliphatic carbocycles. The molecule has 0 spiro atoms. The van der Waals surface area contributed by atoms with Gasteiger partial charge in [-0.1, -0.05) is 30.7 Å². The number of pyridine rings is 1. The predicted molar refractivity (Wildman–Crippen MR) is 94.2 cm³/mol. The molecule has 0 unspecified atom stereocenters. The van der Waals surface area contributed by atoms with Crippen LogP contribution in [0.4, 0.5) is 5.82 Å². The third kappa shape index (κ3) is 3.13. The van der Waals surface area contributed by atoms with Crippen molar-refractivity contribution in [3.63, 3.8) is 0 Å². The molecule has 1 aromatic carbocycles. The number of anilines is 1. The number of aromatic nitrogens is 2. The number of thiazole rings is 1. The summed E-state index contributed by atoms with van der Waals surface area (Å²) in [6.45, 7) is 2.16. The van der Waals surface area contributed by atoms with E-state index in [-0.39, 0.29) is 0 Å². The van der Waals surface area contributed by atoms with Crippen LogP contribution in [0, 0.1) is 0 Å². The standard InChI is InChI=1S/C17H16ClN3S/c1-2-4-15-21-16(11-5-3-6-13(18)9-11)17(22-15)12-7-8-20-14(19)10-12/h3,5-10H,2,4H2,1H3,(H2,19,20). The topological polar surface area (TPSA) is 51.8 Å². The lowest BCUT2D eigenvalue weighted by atomic mass is 10.1. The van der Waals surface area contributed by atoms with Gasteiger partial charge in [0.2, 0.25) is 0 Å². The first-order valence-corrected chi connectivity index (χ1v) is 8.34. The summed E-state index contributed by atoms with van der Waals surface area (Å²) in [5, 5.41) is 1.84. The zero-order valence-electron chi connectivity index (χ0n) is 12.2. The number of halogens is 1. The number of aryl methyl sites for hydroxylation is 1. The SMILES string of the molecule is CCCc1nc(-c2cccc(Cl)c2)c(-c2ccnc(N)c2)s1. The van der Waals surface area contributed by atoms with E-state index in [9.17, 15) is 0 Å². The van der Waals surface area contributed by atoms with Gasteiger partial charge in [0.15, 0.2) is 0 Å². The van der Waals surface area contributed by atoms with E-state index in [1.807, 2.05) is 36.4 Å². The summed E-state index contributed by atoms with van der Waals surface area (Å²) in [6, 6.07) is 11.6. The molecule has 22 heavy (non-hydrogen) atoms. The Hall–Kier alpha value is -1.91. The summed E-state index contributed by atoms with van der Waals surface area (Å²) < 4.78 is 0. The van der Waals surface area contributed by atoms with Crippen molar-refractivity contribution in [1.29, 1.82) is 0 Å². The Bertz CT molecular complexity index is 735. The molecule has 0 amide bonds. The normalized spacial score (nSPS) is 10.8. The Morgan fingerprint density at radius 2 is 2.05 bits per heavy atom. The predicted octanol–water partition coefficient (Wildman–Crippen LogP) is 5.06. The fourth-order valence-corrected chi connectivity index (χ4v) is 3.68. The molecule has 2 heterocycles. The third-order valence-electron chi connectivity index (χ3n) is 3.28. The Morgan fingerprint density at radius 1 is 1.18 bits per heavy atom. The van der Waals surface area contributed by atoms with Gasteiger partial charge < -0.3 is 5.73 Å². The number of benzene rings is 1. The Balaban J connectivity index is 2.16. The van der Waals surface area contributed by atoms with Crippen LogP contribution < -0.4 is 5.73 Å². The van der Waals surface area contributed by atoms with Crippen molar-refractivity contribution in [2.45, 2.75) is 19.8 Å². The van der Waals surface area contributed by atoms with E-state index in [2.05, 4.69) is 11.9 Å². The molecule has 0 saturated heterocycles. The van der Waals surface area contributed by atoms with Crippen molar-refractivity contribution in [2.75, 3.05) is 5.73 Å². The quantitative estimate of drug-likeness (QED) is 0.727. The maximum absolute atomic E-state index is 6.13. The van der Waals surface area contributed by atoms with E-state index in [1.54, 1.807) is 17.5 Å². The van der Waals surface area contributed by atoms with Gasteiger partial charge in [0.25, 0.3) is 0 Å². The summed E-state index contributed by atoms with van der Waals surface area (Å²) in [6.07, 6.45) is 3.77. The van der Waals surface area contributed by atoms with Crippen molar-refractivity contribution < 1.29 is 0 Å². The zero-order chi connectivity index (χ0) is 15.5. The first kappa shape index (κ1) is 15.0. The van der Waals surface area contributed by atoms with Crippen LogP contribution in [0.2, 0.25) is 5.02 Å². The maximum Gasteiger partial charge on any atom is 0.123 e. The molecule has 5 heteroatoms. The largest absolute Gasteiger partial charge is 0.384 e. The van der Waals surface area contributed by atoms with Crippen molar-refractivity contribution in [3.05, 3.63) is 52.6 Å². The lowest BCUT2D eigenvalue weighted by Gasteiger charge is -2.04. The van der Waals surface area contributed by atoms with Crippen molar-refractivity contribution >= 4 is 28.8 Å². The molecule has 0 radical (unpaired) electrons. The summed E-state index contributed by atoms with van der Waals surface area (Å²) in [5.41, 5.74) is 8.85. The molecule has 3 nitrogen and oxygen atoms in total. The molecule has 0 saturated carbocycles. The minimum absolute atomic E-state index is 0.514. The monoisotopic (exact) mass is 329 g/mol. The van der Waals surface area contributed by atoms with Crippen LogP contribution in [-0.2, 0) is 6.42 Å². The molecular weight excluding hydrogens is 314 g/mol. The Kier molecular flexibility index (Phi) is 4.41. The van der Waals surface area contributed by atoms with Crippen LogP contribution in [0.15, 0.2) is 42.6 Å². The van der Waals surface area contributed by atoms with Crippen LogP contribution in [-0.4, -0.2) is 9.97 Å². The van der Waals surface area contributed by atoms with Gasteiger partial charge in [0, 0.05) is 16.8 Å². The fraction of sp³-hybridized carbons (Fsp3) is 0.176. The molecule has 112 valence electrons. The van der Waals surface area contributed by atoms with Gasteiger partial charge in [-0.3, -0.25) is 0 Å². The van der Waals surface area contributed by atoms with Crippen LogP contribution in [0.3, 0.4) is 0 Å². The highest BCUT2D eigenvalue weighted by atomic mass is 35.5. The number of hydrogen-bond acceptors (Lipinski definition) is 4. The number of hydrogen-bond donors (Lipinski definition) is 1. The summed E-state index contributed by atoms with van der Waals surface area (Å²) >= 11 is 7.84. The molecule has 2 N–H and O–H groups in total. The van der Waals surface area contributed by atoms with Crippen molar-refractivity contribution in [3.8, 4) is 21.7 Å². The second kappa shape index (κ2) is 6.46. The zero-order valence-corrected chi connectivity index (χ0v) is 13.8. The molecular formula is C17H16ClN3S. The van der Waals surface area contributed by atoms with Gasteiger partial charge in [0.05, 0.1) is 15.6 Å². The lowest BCUT2D eigenvalue weighted by molar-refractivity contribution is 0.910. The van der Waals surface area contributed by atoms with Gasteiger partial charge >= 0.3 is 0 Å². The van der Waals surface area contributed by atoms with Crippen molar-refractivity contribution in [2.24, 2.45) is 0 Å². The number of nitrogens with zero attached hydrogens (tertiary/aromatic N) is 2. The molecule has 0 aliphatic heterocycles. The molecule has 3 rings (SSSR count). The number of rotatable bonds is 4. The second-order valence-corrected chi connectivity index (χ2v) is 6.54. The van der Waals surface area contributed by atoms with Gasteiger partial charge in [0.1, 0.15) is 5.82 Å². The summed E-state index contributed by atoms with van der Waals surface area (Å²) in [4.78, 5) is 9.99. The van der Waals surface area contributed by atoms with E-state index in [0.717, 1.165) is 39.5 Å². The smallest absolute Gasteiger partial charge is 0.123 e. The van der Waals surface area contributed by atoms with Gasteiger partial charge in [-0.05, 0) is 42.7 Å². The molecule has 0 atom stereocenters. The summed E-state index contributed by atoms with van der Waals surface area (Å²) in [5.74, 6) is 0.514. The van der Waals surface area contributed by atoms with E-state index in [1.165, 1.54) is 0 Å². The summed E-state index contributed by atoms with van der Waals surface area (Å²) in [7, 11) is 0. The number of nitrogen functional groups attached to an aromatic ring is 1. The minimum Gasteiger partial charge on any atom is -0.384 e. The first-order valence-electron chi connectivity index (χ1n) is 7.15. The molecule has 0 bridgehead atoms. The average Bonchev–Trinajstić information content (AvgIpc) is 2.92. The van der Waals surface area contributed by atoms with E-state index in [0.29, 0.717) is 10.8 Å². The Labute approximate surface area is 138 Å². The molecule has 0 fully saturated rings. The highest BCUT2D eigenvalue weighted by Gasteiger charge is 2.15. The average molecular weight is 330 g/mol. The minimum atomic E-state index is 0.514. The first-order chi connectivity index (χ1) is 10.7. The van der Waals surface area contributed by atoms with Gasteiger partial charge in [-0.15, -0.1) is 11.3 Å². The highest BCUT2D eigenvalue weighted by Crippen LogP contribution is 2.38.